The van der Waals surface area contributed by atoms with Gasteiger partial charge in [-0.2, -0.15) is 0 Å². The van der Waals surface area contributed by atoms with Crippen molar-refractivity contribution < 1.29 is 22.7 Å². The third kappa shape index (κ3) is 5.87. The second-order valence-corrected chi connectivity index (χ2v) is 9.59. The summed E-state index contributed by atoms with van der Waals surface area (Å²) < 4.78 is 36.1. The molecule has 0 fully saturated rings. The maximum atomic E-state index is 12.6. The van der Waals surface area contributed by atoms with E-state index in [0.717, 1.165) is 16.1 Å². The van der Waals surface area contributed by atoms with Gasteiger partial charge in [-0.1, -0.05) is 32.9 Å². The van der Waals surface area contributed by atoms with E-state index in [1.54, 1.807) is 30.3 Å². The van der Waals surface area contributed by atoms with Crippen molar-refractivity contribution in [1.82, 2.24) is 0 Å². The van der Waals surface area contributed by atoms with Crippen molar-refractivity contribution in [3.8, 4) is 11.5 Å². The number of rotatable bonds is 7. The van der Waals surface area contributed by atoms with Gasteiger partial charge in [0.2, 0.25) is 15.9 Å². The van der Waals surface area contributed by atoms with Gasteiger partial charge < -0.3 is 14.8 Å². The van der Waals surface area contributed by atoms with Crippen molar-refractivity contribution in [3.63, 3.8) is 0 Å². The van der Waals surface area contributed by atoms with Crippen LogP contribution in [0.3, 0.4) is 0 Å². The number of nitrogens with one attached hydrogen (secondary N) is 1. The van der Waals surface area contributed by atoms with Crippen LogP contribution in [0.25, 0.3) is 0 Å². The van der Waals surface area contributed by atoms with Gasteiger partial charge in [0.1, 0.15) is 18.0 Å². The highest BCUT2D eigenvalue weighted by Gasteiger charge is 2.22. The molecule has 0 aliphatic heterocycles. The third-order valence-electron chi connectivity index (χ3n) is 4.39. The first-order valence-electron chi connectivity index (χ1n) is 9.06. The molecule has 0 heterocycles. The Hall–Kier alpha value is -2.74. The number of ether oxygens (including phenoxy) is 2. The lowest BCUT2D eigenvalue weighted by atomic mass is 9.87. The van der Waals surface area contributed by atoms with E-state index in [9.17, 15) is 13.2 Å². The molecule has 0 aliphatic carbocycles. The van der Waals surface area contributed by atoms with Gasteiger partial charge in [0.05, 0.1) is 31.9 Å². The molecule has 158 valence electrons. The topological polar surface area (TPSA) is 84.9 Å². The Morgan fingerprint density at radius 1 is 1.03 bits per heavy atom. The number of carbonyl (C=O) groups excluding carboxylic acids is 1. The summed E-state index contributed by atoms with van der Waals surface area (Å²) in [5, 5.41) is 2.70. The fourth-order valence-corrected chi connectivity index (χ4v) is 3.61. The molecule has 8 heteroatoms. The van der Waals surface area contributed by atoms with Crippen LogP contribution in [0.5, 0.6) is 11.5 Å². The number of sulfonamides is 1. The predicted octanol–water partition coefficient (Wildman–Crippen LogP) is 3.41. The van der Waals surface area contributed by atoms with E-state index in [4.69, 9.17) is 9.47 Å². The first-order valence-corrected chi connectivity index (χ1v) is 10.9. The molecule has 1 amide bonds. The Labute approximate surface area is 172 Å². The molecule has 0 atom stereocenters. The summed E-state index contributed by atoms with van der Waals surface area (Å²) in [6.07, 6.45) is 1.08. The number of amides is 1. The molecule has 0 spiro atoms. The second kappa shape index (κ2) is 8.73. The Balaban J connectivity index is 2.24. The monoisotopic (exact) mass is 420 g/mol. The summed E-state index contributed by atoms with van der Waals surface area (Å²) in [4.78, 5) is 12.6. The summed E-state index contributed by atoms with van der Waals surface area (Å²) in [6, 6.07) is 12.1. The number of benzene rings is 2. The van der Waals surface area contributed by atoms with Crippen LogP contribution >= 0.6 is 0 Å². The molecule has 0 aliphatic rings. The highest BCUT2D eigenvalue weighted by molar-refractivity contribution is 7.92. The van der Waals surface area contributed by atoms with Crippen LogP contribution < -0.4 is 19.1 Å². The largest absolute Gasteiger partial charge is 0.497 e. The van der Waals surface area contributed by atoms with E-state index in [-0.39, 0.29) is 12.0 Å². The fourth-order valence-electron chi connectivity index (χ4n) is 2.75. The standard InChI is InChI=1S/C21H28N2O5S/c1-21(2,3)15-7-9-16(10-8-15)23(29(6,25)26)14-20(24)22-18-12-11-17(27-4)13-19(18)28-5/h7-13H,14H2,1-6H3,(H,22,24). The van der Waals surface area contributed by atoms with Gasteiger partial charge in [0, 0.05) is 6.07 Å². The molecule has 0 saturated heterocycles. The van der Waals surface area contributed by atoms with Gasteiger partial charge in [0.25, 0.3) is 0 Å². The van der Waals surface area contributed by atoms with Gasteiger partial charge >= 0.3 is 0 Å². The summed E-state index contributed by atoms with van der Waals surface area (Å²) in [6.45, 7) is 5.87. The van der Waals surface area contributed by atoms with Crippen molar-refractivity contribution in [2.45, 2.75) is 26.2 Å². The molecule has 2 rings (SSSR count). The van der Waals surface area contributed by atoms with E-state index >= 15 is 0 Å². The molecule has 0 aromatic heterocycles. The lowest BCUT2D eigenvalue weighted by molar-refractivity contribution is -0.114. The van der Waals surface area contributed by atoms with Crippen LogP contribution in [0, 0.1) is 0 Å². The summed E-state index contributed by atoms with van der Waals surface area (Å²) in [7, 11) is -0.653. The van der Waals surface area contributed by atoms with E-state index in [2.05, 4.69) is 26.1 Å². The lowest BCUT2D eigenvalue weighted by Gasteiger charge is -2.24. The first kappa shape index (κ1) is 22.5. The summed E-state index contributed by atoms with van der Waals surface area (Å²) in [5.41, 5.74) is 1.87. The molecule has 1 N–H and O–H groups in total. The molecule has 29 heavy (non-hydrogen) atoms. The first-order chi connectivity index (χ1) is 13.5. The number of hydrogen-bond donors (Lipinski definition) is 1. The van der Waals surface area contributed by atoms with Crippen molar-refractivity contribution >= 4 is 27.3 Å². The normalized spacial score (nSPS) is 11.7. The number of anilines is 2. The zero-order valence-corrected chi connectivity index (χ0v) is 18.5. The van der Waals surface area contributed by atoms with Crippen molar-refractivity contribution in [1.29, 1.82) is 0 Å². The quantitative estimate of drug-likeness (QED) is 0.742. The molecule has 2 aromatic carbocycles. The lowest BCUT2D eigenvalue weighted by Crippen LogP contribution is -2.37. The number of nitrogens with zero attached hydrogens (tertiary/aromatic N) is 1. The molecular weight excluding hydrogens is 392 g/mol. The molecule has 2 aromatic rings. The average Bonchev–Trinajstić information content (AvgIpc) is 2.65. The van der Waals surface area contributed by atoms with E-state index < -0.39 is 15.9 Å². The van der Waals surface area contributed by atoms with Gasteiger partial charge in [-0.3, -0.25) is 9.10 Å². The number of methoxy groups -OCH3 is 2. The molecule has 0 saturated carbocycles. The van der Waals surface area contributed by atoms with Gasteiger partial charge in [-0.05, 0) is 35.2 Å². The van der Waals surface area contributed by atoms with Gasteiger partial charge in [0.15, 0.2) is 0 Å². The maximum Gasteiger partial charge on any atom is 0.245 e. The molecule has 0 unspecified atom stereocenters. The summed E-state index contributed by atoms with van der Waals surface area (Å²) in [5.74, 6) is 0.508. The van der Waals surface area contributed by atoms with Crippen molar-refractivity contribution in [3.05, 3.63) is 48.0 Å². The molecule has 0 bridgehead atoms. The average molecular weight is 421 g/mol. The number of carbonyl (C=O) groups is 1. The third-order valence-corrected chi connectivity index (χ3v) is 5.53. The van der Waals surface area contributed by atoms with Crippen molar-refractivity contribution in [2.75, 3.05) is 36.6 Å². The Morgan fingerprint density at radius 2 is 1.66 bits per heavy atom. The summed E-state index contributed by atoms with van der Waals surface area (Å²) >= 11 is 0. The van der Waals surface area contributed by atoms with Crippen LogP contribution in [-0.2, 0) is 20.2 Å². The van der Waals surface area contributed by atoms with Crippen LogP contribution in [-0.4, -0.2) is 41.3 Å². The SMILES string of the molecule is COc1ccc(NC(=O)CN(c2ccc(C(C)(C)C)cc2)S(C)(=O)=O)c(OC)c1. The Bertz CT molecular complexity index is 964. The van der Waals surface area contributed by atoms with E-state index in [1.165, 1.54) is 14.2 Å². The minimum absolute atomic E-state index is 0.0588. The predicted molar refractivity (Wildman–Crippen MR) is 116 cm³/mol. The number of hydrogen-bond acceptors (Lipinski definition) is 5. The zero-order chi connectivity index (χ0) is 21.8. The van der Waals surface area contributed by atoms with Crippen molar-refractivity contribution in [2.24, 2.45) is 0 Å². The minimum atomic E-state index is -3.66. The van der Waals surface area contributed by atoms with Crippen LogP contribution in [0.2, 0.25) is 0 Å². The zero-order valence-electron chi connectivity index (χ0n) is 17.6. The fraction of sp³-hybridized carbons (Fsp3) is 0.381. The molecular formula is C21H28N2O5S. The van der Waals surface area contributed by atoms with Gasteiger partial charge in [-0.15, -0.1) is 0 Å². The highest BCUT2D eigenvalue weighted by Crippen LogP contribution is 2.29. The van der Waals surface area contributed by atoms with Gasteiger partial charge in [-0.25, -0.2) is 8.42 Å². The highest BCUT2D eigenvalue weighted by atomic mass is 32.2. The Kier molecular flexibility index (Phi) is 6.79. The Morgan fingerprint density at radius 3 is 2.14 bits per heavy atom. The van der Waals surface area contributed by atoms with E-state index in [0.29, 0.717) is 22.9 Å². The smallest absolute Gasteiger partial charge is 0.245 e. The van der Waals surface area contributed by atoms with E-state index in [1.807, 2.05) is 12.1 Å². The van der Waals surface area contributed by atoms with Crippen LogP contribution in [0.4, 0.5) is 11.4 Å². The maximum absolute atomic E-state index is 12.6. The van der Waals surface area contributed by atoms with Crippen LogP contribution in [0.15, 0.2) is 42.5 Å². The molecule has 0 radical (unpaired) electrons. The molecule has 7 nitrogen and oxygen atoms in total. The second-order valence-electron chi connectivity index (χ2n) is 7.68. The minimum Gasteiger partial charge on any atom is -0.497 e. The van der Waals surface area contributed by atoms with Crippen LogP contribution in [0.1, 0.15) is 26.3 Å².